The van der Waals surface area contributed by atoms with Crippen LogP contribution in [0.4, 0.5) is 5.82 Å². The van der Waals surface area contributed by atoms with Crippen LogP contribution in [0.1, 0.15) is 13.8 Å². The fourth-order valence-electron chi connectivity index (χ4n) is 1.46. The molecule has 4 nitrogen and oxygen atoms in total. The summed E-state index contributed by atoms with van der Waals surface area (Å²) < 4.78 is 0. The third-order valence-corrected chi connectivity index (χ3v) is 3.78. The van der Waals surface area contributed by atoms with Gasteiger partial charge in [0, 0.05) is 12.6 Å². The molecular weight excluding hydrogens is 258 g/mol. The lowest BCUT2D eigenvalue weighted by atomic mass is 10.1. The van der Waals surface area contributed by atoms with E-state index in [0.29, 0.717) is 0 Å². The van der Waals surface area contributed by atoms with Gasteiger partial charge in [-0.1, -0.05) is 6.92 Å². The molecule has 2 aromatic heterocycles. The van der Waals surface area contributed by atoms with Crippen molar-refractivity contribution in [1.29, 1.82) is 0 Å². The van der Waals surface area contributed by atoms with Crippen molar-refractivity contribution in [3.63, 3.8) is 0 Å². The van der Waals surface area contributed by atoms with Gasteiger partial charge in [-0.25, -0.2) is 9.97 Å². The van der Waals surface area contributed by atoms with Crippen LogP contribution in [0.15, 0.2) is 11.4 Å². The van der Waals surface area contributed by atoms with E-state index in [-0.39, 0.29) is 23.9 Å². The Labute approximate surface area is 109 Å². The third kappa shape index (κ3) is 2.68. The zero-order valence-corrected chi connectivity index (χ0v) is 11.2. The Balaban J connectivity index is 2.31. The molecule has 2 aromatic rings. The van der Waals surface area contributed by atoms with Crippen molar-refractivity contribution in [3.8, 4) is 0 Å². The molecule has 0 fully saturated rings. The van der Waals surface area contributed by atoms with Crippen LogP contribution in [0.3, 0.4) is 0 Å². The number of anilines is 1. The van der Waals surface area contributed by atoms with Crippen molar-refractivity contribution in [2.24, 2.45) is 5.92 Å². The van der Waals surface area contributed by atoms with Gasteiger partial charge in [-0.3, -0.25) is 0 Å². The zero-order valence-electron chi connectivity index (χ0n) is 9.64. The van der Waals surface area contributed by atoms with E-state index in [1.165, 1.54) is 11.3 Å². The summed E-state index contributed by atoms with van der Waals surface area (Å²) in [6.07, 6.45) is 0. The topological polar surface area (TPSA) is 58.0 Å². The first-order chi connectivity index (χ1) is 8.11. The molecule has 0 saturated carbocycles. The Morgan fingerprint density at radius 3 is 2.94 bits per heavy atom. The standard InChI is InChI=1S/C11H14ClN3OS/c1-6(5-16)7(2)13-9-8-3-4-17-10(8)15-11(12)14-9/h3-4,6-7,16H,5H2,1-2H3,(H,13,14,15). The largest absolute Gasteiger partial charge is 0.396 e. The highest BCUT2D eigenvalue weighted by Crippen LogP contribution is 2.27. The first-order valence-electron chi connectivity index (χ1n) is 5.40. The molecule has 0 aliphatic rings. The number of nitrogens with zero attached hydrogens (tertiary/aromatic N) is 2. The summed E-state index contributed by atoms with van der Waals surface area (Å²) in [6.45, 7) is 4.13. The lowest BCUT2D eigenvalue weighted by Gasteiger charge is -2.20. The first kappa shape index (κ1) is 12.5. The lowest BCUT2D eigenvalue weighted by Crippen LogP contribution is -2.26. The van der Waals surface area contributed by atoms with Gasteiger partial charge in [-0.2, -0.15) is 0 Å². The second kappa shape index (κ2) is 5.16. The van der Waals surface area contributed by atoms with E-state index >= 15 is 0 Å². The molecule has 2 rings (SSSR count). The second-order valence-electron chi connectivity index (χ2n) is 4.07. The van der Waals surface area contributed by atoms with E-state index in [9.17, 15) is 0 Å². The van der Waals surface area contributed by atoms with Gasteiger partial charge < -0.3 is 10.4 Å². The highest BCUT2D eigenvalue weighted by atomic mass is 35.5. The van der Waals surface area contributed by atoms with Crippen LogP contribution in [0.2, 0.25) is 5.28 Å². The highest BCUT2D eigenvalue weighted by molar-refractivity contribution is 7.16. The van der Waals surface area contributed by atoms with Crippen molar-refractivity contribution < 1.29 is 5.11 Å². The molecule has 6 heteroatoms. The number of rotatable bonds is 4. The van der Waals surface area contributed by atoms with E-state index < -0.39 is 0 Å². The Morgan fingerprint density at radius 1 is 1.47 bits per heavy atom. The maximum Gasteiger partial charge on any atom is 0.225 e. The Bertz CT molecular complexity index is 516. The number of hydrogen-bond donors (Lipinski definition) is 2. The van der Waals surface area contributed by atoms with Crippen LogP contribution in [-0.4, -0.2) is 27.7 Å². The average molecular weight is 272 g/mol. The number of aliphatic hydroxyl groups excluding tert-OH is 1. The Morgan fingerprint density at radius 2 is 2.24 bits per heavy atom. The molecule has 0 aromatic carbocycles. The summed E-state index contributed by atoms with van der Waals surface area (Å²) in [7, 11) is 0. The first-order valence-corrected chi connectivity index (χ1v) is 6.65. The van der Waals surface area contributed by atoms with Crippen LogP contribution in [0, 0.1) is 5.92 Å². The molecule has 92 valence electrons. The summed E-state index contributed by atoms with van der Waals surface area (Å²) in [4.78, 5) is 9.22. The van der Waals surface area contributed by atoms with Crippen LogP contribution in [-0.2, 0) is 0 Å². The van der Waals surface area contributed by atoms with E-state index in [1.54, 1.807) is 0 Å². The van der Waals surface area contributed by atoms with Crippen molar-refractivity contribution in [2.45, 2.75) is 19.9 Å². The average Bonchev–Trinajstić information content (AvgIpc) is 2.75. The summed E-state index contributed by atoms with van der Waals surface area (Å²) in [5, 5.41) is 15.6. The molecule has 0 saturated heterocycles. The smallest absolute Gasteiger partial charge is 0.225 e. The van der Waals surface area contributed by atoms with E-state index in [2.05, 4.69) is 15.3 Å². The molecule has 2 N–H and O–H groups in total. The minimum Gasteiger partial charge on any atom is -0.396 e. The number of aliphatic hydroxyl groups is 1. The highest BCUT2D eigenvalue weighted by Gasteiger charge is 2.14. The molecule has 0 aliphatic carbocycles. The molecule has 0 amide bonds. The molecular formula is C11H14ClN3OS. The number of thiophene rings is 1. The number of fused-ring (bicyclic) bond motifs is 1. The molecule has 2 unspecified atom stereocenters. The summed E-state index contributed by atoms with van der Waals surface area (Å²) >= 11 is 7.40. The molecule has 0 spiro atoms. The summed E-state index contributed by atoms with van der Waals surface area (Å²) in [6, 6.07) is 2.09. The Hall–Kier alpha value is -0.910. The van der Waals surface area contributed by atoms with Gasteiger partial charge in [-0.15, -0.1) is 11.3 Å². The van der Waals surface area contributed by atoms with Crippen molar-refractivity contribution in [3.05, 3.63) is 16.7 Å². The van der Waals surface area contributed by atoms with Crippen LogP contribution < -0.4 is 5.32 Å². The minimum absolute atomic E-state index is 0.120. The van der Waals surface area contributed by atoms with Crippen molar-refractivity contribution in [2.75, 3.05) is 11.9 Å². The van der Waals surface area contributed by atoms with Crippen molar-refractivity contribution >= 4 is 39.0 Å². The molecule has 0 bridgehead atoms. The fourth-order valence-corrected chi connectivity index (χ4v) is 2.44. The normalized spacial score (nSPS) is 14.8. The molecule has 17 heavy (non-hydrogen) atoms. The SMILES string of the molecule is CC(CO)C(C)Nc1nc(Cl)nc2sccc12. The monoisotopic (exact) mass is 271 g/mol. The third-order valence-electron chi connectivity index (χ3n) is 2.80. The second-order valence-corrected chi connectivity index (χ2v) is 5.31. The predicted octanol–water partition coefficient (Wildman–Crippen LogP) is 2.77. The van der Waals surface area contributed by atoms with Gasteiger partial charge in [-0.05, 0) is 35.9 Å². The van der Waals surface area contributed by atoms with Gasteiger partial charge in [0.25, 0.3) is 0 Å². The van der Waals surface area contributed by atoms with Crippen LogP contribution in [0.25, 0.3) is 10.2 Å². The summed E-state index contributed by atoms with van der Waals surface area (Å²) in [5.41, 5.74) is 0. The van der Waals surface area contributed by atoms with Crippen LogP contribution in [0.5, 0.6) is 0 Å². The fraction of sp³-hybridized carbons (Fsp3) is 0.455. The van der Waals surface area contributed by atoms with E-state index in [4.69, 9.17) is 16.7 Å². The lowest BCUT2D eigenvalue weighted by molar-refractivity contribution is 0.226. The number of nitrogens with one attached hydrogen (secondary N) is 1. The van der Waals surface area contributed by atoms with Gasteiger partial charge in [0.15, 0.2) is 0 Å². The van der Waals surface area contributed by atoms with Gasteiger partial charge >= 0.3 is 0 Å². The number of halogens is 1. The molecule has 0 radical (unpaired) electrons. The zero-order chi connectivity index (χ0) is 12.4. The van der Waals surface area contributed by atoms with Gasteiger partial charge in [0.05, 0.1) is 5.39 Å². The van der Waals surface area contributed by atoms with Gasteiger partial charge in [0.2, 0.25) is 5.28 Å². The number of hydrogen-bond acceptors (Lipinski definition) is 5. The van der Waals surface area contributed by atoms with Crippen molar-refractivity contribution in [1.82, 2.24) is 9.97 Å². The number of aromatic nitrogens is 2. The van der Waals surface area contributed by atoms with Crippen LogP contribution >= 0.6 is 22.9 Å². The maximum atomic E-state index is 9.11. The maximum absolute atomic E-state index is 9.11. The van der Waals surface area contributed by atoms with E-state index in [1.807, 2.05) is 25.3 Å². The minimum atomic E-state index is 0.120. The molecule has 2 atom stereocenters. The quantitative estimate of drug-likeness (QED) is 0.840. The Kier molecular flexibility index (Phi) is 3.81. The molecule has 0 aliphatic heterocycles. The summed E-state index contributed by atoms with van der Waals surface area (Å²) in [5.74, 6) is 0.881. The van der Waals surface area contributed by atoms with E-state index in [0.717, 1.165) is 16.0 Å². The predicted molar refractivity (Wildman–Crippen MR) is 71.8 cm³/mol. The van der Waals surface area contributed by atoms with Gasteiger partial charge in [0.1, 0.15) is 10.6 Å². The molecule has 2 heterocycles.